The fourth-order valence-corrected chi connectivity index (χ4v) is 8.97. The summed E-state index contributed by atoms with van der Waals surface area (Å²) in [7, 11) is -1.39. The lowest BCUT2D eigenvalue weighted by Gasteiger charge is -2.15. The maximum atomic E-state index is 16.0. The van der Waals surface area contributed by atoms with Crippen molar-refractivity contribution in [2.24, 2.45) is 19.8 Å². The van der Waals surface area contributed by atoms with Crippen molar-refractivity contribution in [2.75, 3.05) is 0 Å². The van der Waals surface area contributed by atoms with E-state index >= 15 is 4.39 Å². The predicted molar refractivity (Wildman–Crippen MR) is 202 cm³/mol. The Balaban J connectivity index is 1.33. The van der Waals surface area contributed by atoms with Gasteiger partial charge in [-0.2, -0.15) is 4.39 Å². The van der Waals surface area contributed by atoms with Crippen molar-refractivity contribution in [1.29, 1.82) is 0 Å². The van der Waals surface area contributed by atoms with Gasteiger partial charge in [-0.05, 0) is 54.3 Å². The van der Waals surface area contributed by atoms with Crippen LogP contribution < -0.4 is 16.2 Å². The Morgan fingerprint density at radius 1 is 1.05 bits per heavy atom. The van der Waals surface area contributed by atoms with Crippen molar-refractivity contribution in [1.82, 2.24) is 27.9 Å². The second-order valence-corrected chi connectivity index (χ2v) is 15.2. The van der Waals surface area contributed by atoms with Crippen molar-refractivity contribution in [3.05, 3.63) is 123 Å². The Bertz CT molecular complexity index is 2860. The van der Waals surface area contributed by atoms with E-state index < -0.39 is 44.9 Å². The van der Waals surface area contributed by atoms with Gasteiger partial charge in [0.25, 0.3) is 15.7 Å². The molecule has 0 unspecified atom stereocenters. The molecule has 4 aromatic heterocycles. The molecule has 3 aromatic carbocycles. The van der Waals surface area contributed by atoms with Crippen molar-refractivity contribution >= 4 is 43.9 Å². The van der Waals surface area contributed by atoms with Crippen LogP contribution in [0.1, 0.15) is 30.9 Å². The smallest absolute Gasteiger partial charge is 0.431 e. The van der Waals surface area contributed by atoms with E-state index in [-0.39, 0.29) is 57.2 Å². The lowest BCUT2D eigenvalue weighted by atomic mass is 9.97. The summed E-state index contributed by atoms with van der Waals surface area (Å²) in [6.45, 7) is 0.158. The minimum Gasteiger partial charge on any atom is -0.431 e. The number of pyridine rings is 1. The number of benzene rings is 3. The van der Waals surface area contributed by atoms with Crippen LogP contribution in [-0.4, -0.2) is 53.5 Å². The Morgan fingerprint density at radius 3 is 2.48 bits per heavy atom. The van der Waals surface area contributed by atoms with Crippen LogP contribution in [-0.2, 0) is 35.4 Å². The highest BCUT2D eigenvalue weighted by Gasteiger charge is 2.37. The van der Waals surface area contributed by atoms with Gasteiger partial charge in [0.1, 0.15) is 11.9 Å². The summed E-state index contributed by atoms with van der Waals surface area (Å²) in [5.74, 6) is -0.869. The van der Waals surface area contributed by atoms with Crippen LogP contribution >= 0.6 is 0 Å². The molecule has 1 aliphatic carbocycles. The molecule has 2 N–H and O–H groups in total. The number of nitrogens with zero attached hydrogens (tertiary/aromatic N) is 7. The largest absolute Gasteiger partial charge is 0.514 e. The summed E-state index contributed by atoms with van der Waals surface area (Å²) in [5, 5.41) is 15.2. The van der Waals surface area contributed by atoms with Crippen molar-refractivity contribution in [3.63, 3.8) is 0 Å². The van der Waals surface area contributed by atoms with Gasteiger partial charge in [0, 0.05) is 57.0 Å². The van der Waals surface area contributed by atoms with E-state index in [9.17, 15) is 28.1 Å². The number of carbonyl (C=O) groups excluding carboxylic acids is 1. The quantitative estimate of drug-likeness (QED) is 0.0802. The highest BCUT2D eigenvalue weighted by molar-refractivity contribution is 7.90. The van der Waals surface area contributed by atoms with Crippen LogP contribution in [0, 0.1) is 16.1 Å². The van der Waals surface area contributed by atoms with Gasteiger partial charge in [-0.3, -0.25) is 23.9 Å². The second-order valence-electron chi connectivity index (χ2n) is 13.4. The van der Waals surface area contributed by atoms with Crippen molar-refractivity contribution in [3.8, 4) is 28.1 Å². The molecule has 4 heterocycles. The first-order valence-electron chi connectivity index (χ1n) is 17.4. The van der Waals surface area contributed by atoms with Crippen LogP contribution in [0.25, 0.3) is 44.5 Å². The number of nitro groups is 1. The summed E-state index contributed by atoms with van der Waals surface area (Å²) in [5.41, 5.74) is 7.48. The number of rotatable bonds is 9. The number of aromatic nitrogens is 6. The molecule has 286 valence electrons. The summed E-state index contributed by atoms with van der Waals surface area (Å²) < 4.78 is 61.6. The van der Waals surface area contributed by atoms with Gasteiger partial charge < -0.3 is 15.2 Å². The zero-order valence-electron chi connectivity index (χ0n) is 29.9. The SMILES string of the molecule is Cn1cc(-c2c(-c3cccc(CN)c3)c3c(ncc4c3n([C@@H]3CC[C@@H](OC(=O)Oc5ccc([N+](=O)[O-])cc5)C3)c(=O)n4C)n2S(=O)(=O)c2ccccc2)c(F)n1. The van der Waals surface area contributed by atoms with Crippen LogP contribution in [0.15, 0.2) is 101 Å². The molecule has 0 bridgehead atoms. The third kappa shape index (κ3) is 6.08. The van der Waals surface area contributed by atoms with Crippen molar-refractivity contribution in [2.45, 2.75) is 42.8 Å². The highest BCUT2D eigenvalue weighted by atomic mass is 32.2. The number of nitrogens with two attached hydrogens (primary N) is 1. The lowest BCUT2D eigenvalue weighted by Crippen LogP contribution is -2.26. The molecule has 7 aromatic rings. The van der Waals surface area contributed by atoms with E-state index in [0.29, 0.717) is 35.0 Å². The Morgan fingerprint density at radius 2 is 1.80 bits per heavy atom. The second kappa shape index (κ2) is 13.9. The average Bonchev–Trinajstić information content (AvgIpc) is 3.94. The Hall–Kier alpha value is -6.66. The molecule has 1 fully saturated rings. The molecule has 16 nitrogen and oxygen atoms in total. The van der Waals surface area contributed by atoms with Crippen molar-refractivity contribution < 1.29 is 32.0 Å². The fraction of sp³-hybridized carbons (Fsp3) is 0.211. The van der Waals surface area contributed by atoms with E-state index in [4.69, 9.17) is 15.2 Å². The average molecular weight is 781 g/mol. The number of hydrogen-bond donors (Lipinski definition) is 1. The fourth-order valence-electron chi connectivity index (χ4n) is 7.46. The number of imidazole rings is 1. The number of hydrogen-bond acceptors (Lipinski definition) is 11. The normalized spacial score (nSPS) is 15.8. The molecule has 56 heavy (non-hydrogen) atoms. The molecule has 1 aliphatic rings. The van der Waals surface area contributed by atoms with Gasteiger partial charge in [-0.15, -0.1) is 5.10 Å². The molecular weight excluding hydrogens is 748 g/mol. The Kier molecular flexibility index (Phi) is 9.00. The highest BCUT2D eigenvalue weighted by Crippen LogP contribution is 2.46. The number of aryl methyl sites for hydroxylation is 2. The van der Waals surface area contributed by atoms with Gasteiger partial charge in [0.2, 0.25) is 5.95 Å². The van der Waals surface area contributed by atoms with E-state index in [0.717, 1.165) is 3.97 Å². The van der Waals surface area contributed by atoms with Gasteiger partial charge in [-0.25, -0.2) is 27.0 Å². The third-order valence-electron chi connectivity index (χ3n) is 9.99. The maximum absolute atomic E-state index is 16.0. The number of ether oxygens (including phenoxy) is 2. The van der Waals surface area contributed by atoms with E-state index in [1.165, 1.54) is 65.1 Å². The zero-order chi connectivity index (χ0) is 39.5. The number of halogens is 1. The molecule has 0 saturated heterocycles. The van der Waals surface area contributed by atoms with Crippen LogP contribution in [0.5, 0.6) is 5.75 Å². The van der Waals surface area contributed by atoms with Gasteiger partial charge in [-0.1, -0.05) is 36.4 Å². The van der Waals surface area contributed by atoms with Gasteiger partial charge in [0.15, 0.2) is 5.65 Å². The molecule has 0 amide bonds. The first-order chi connectivity index (χ1) is 26.9. The maximum Gasteiger partial charge on any atom is 0.514 e. The molecule has 18 heteroatoms. The van der Waals surface area contributed by atoms with Gasteiger partial charge >= 0.3 is 11.8 Å². The van der Waals surface area contributed by atoms with Crippen LogP contribution in [0.3, 0.4) is 0 Å². The summed E-state index contributed by atoms with van der Waals surface area (Å²) >= 11 is 0. The summed E-state index contributed by atoms with van der Waals surface area (Å²) in [6, 6.07) is 19.2. The molecule has 1 saturated carbocycles. The predicted octanol–water partition coefficient (Wildman–Crippen LogP) is 5.81. The van der Waals surface area contributed by atoms with Crippen LogP contribution in [0.2, 0.25) is 0 Å². The number of fused-ring (bicyclic) bond motifs is 3. The minimum absolute atomic E-state index is 0.0481. The molecule has 0 spiro atoms. The number of carbonyl (C=O) groups is 1. The van der Waals surface area contributed by atoms with Crippen LogP contribution in [0.4, 0.5) is 14.9 Å². The Labute approximate surface area is 317 Å². The van der Waals surface area contributed by atoms with Gasteiger partial charge in [0.05, 0.1) is 43.7 Å². The first kappa shape index (κ1) is 36.3. The molecule has 0 aliphatic heterocycles. The zero-order valence-corrected chi connectivity index (χ0v) is 30.7. The third-order valence-corrected chi connectivity index (χ3v) is 11.7. The molecule has 2 atom stereocenters. The van der Waals surface area contributed by atoms with E-state index in [1.54, 1.807) is 48.0 Å². The lowest BCUT2D eigenvalue weighted by molar-refractivity contribution is -0.384. The summed E-state index contributed by atoms with van der Waals surface area (Å²) in [6.07, 6.45) is 2.06. The molecule has 0 radical (unpaired) electrons. The van der Waals surface area contributed by atoms with E-state index in [1.807, 2.05) is 6.07 Å². The van der Waals surface area contributed by atoms with E-state index in [2.05, 4.69) is 10.1 Å². The first-order valence-corrected chi connectivity index (χ1v) is 18.9. The number of nitro benzene ring substituents is 1. The molecule has 8 rings (SSSR count). The topological polar surface area (TPSA) is 201 Å². The standard InChI is InChI=1S/C38H33FN8O8S/c1-43-21-29(35(39)42-43)33-31(23-8-6-7-22(17-23)19-40)32-34-30(20-41-36(32)46(33)56(52,53)28-9-4-3-5-10-28)44(2)37(48)45(34)25-13-16-27(18-25)55-38(49)54-26-14-11-24(12-15-26)47(50)51/h3-12,14-15,17,20-21,25,27H,13,16,18-19,40H2,1-2H3/t25-,27-/m1/s1. The number of non-ortho nitro benzene ring substituents is 1. The minimum atomic E-state index is -4.49. The summed E-state index contributed by atoms with van der Waals surface area (Å²) in [4.78, 5) is 42.1. The monoisotopic (exact) mass is 780 g/mol. The molecular formula is C38H33FN8O8S.